The van der Waals surface area contributed by atoms with Gasteiger partial charge in [-0.05, 0) is 0 Å². The molecule has 4 heteroatoms. The molecule has 0 saturated carbocycles. The zero-order valence-corrected chi connectivity index (χ0v) is 9.52. The molecule has 90 valence electrons. The molecule has 18 heavy (non-hydrogen) atoms. The van der Waals surface area contributed by atoms with Gasteiger partial charge < -0.3 is 15.6 Å². The highest BCUT2D eigenvalue weighted by Gasteiger charge is 2.12. The summed E-state index contributed by atoms with van der Waals surface area (Å²) in [5.74, 6) is 0. The van der Waals surface area contributed by atoms with Crippen LogP contribution in [0.25, 0.3) is 0 Å². The van der Waals surface area contributed by atoms with Crippen LogP contribution in [0.3, 0.4) is 0 Å². The topological polar surface area (TPSA) is 68.0 Å². The third-order valence-electron chi connectivity index (χ3n) is 2.51. The Hall–Kier alpha value is -2.62. The summed E-state index contributed by atoms with van der Waals surface area (Å²) < 4.78 is 0. The minimum atomic E-state index is 0.115. The van der Waals surface area contributed by atoms with Gasteiger partial charge in [0, 0.05) is 11.1 Å². The number of hydrogen-bond acceptors (Lipinski definition) is 4. The molecule has 0 heterocycles. The summed E-state index contributed by atoms with van der Waals surface area (Å²) in [7, 11) is 0. The van der Waals surface area contributed by atoms with E-state index < -0.39 is 0 Å². The smallest absolute Gasteiger partial charge is 0.135 e. The lowest BCUT2D eigenvalue weighted by Crippen LogP contribution is -2.17. The van der Waals surface area contributed by atoms with Crippen LogP contribution in [0.2, 0.25) is 0 Å². The molecule has 0 radical (unpaired) electrons. The summed E-state index contributed by atoms with van der Waals surface area (Å²) in [6.45, 7) is 0. The van der Waals surface area contributed by atoms with Crippen molar-refractivity contribution in [2.75, 3.05) is 0 Å². The van der Waals surface area contributed by atoms with Crippen LogP contribution in [0.1, 0.15) is 11.1 Å². The SMILES string of the molecule is [O-]/N=C(/C(=N/O)c1ccccc1)c1ccccc1. The quantitative estimate of drug-likeness (QED) is 0.508. The van der Waals surface area contributed by atoms with Gasteiger partial charge in [-0.2, -0.15) is 0 Å². The minimum Gasteiger partial charge on any atom is -0.791 e. The summed E-state index contributed by atoms with van der Waals surface area (Å²) in [5.41, 5.74) is 1.53. The minimum absolute atomic E-state index is 0.115. The molecule has 0 fully saturated rings. The molecular formula is C14H11N2O2-. The predicted octanol–water partition coefficient (Wildman–Crippen LogP) is 2.85. The molecule has 2 rings (SSSR count). The van der Waals surface area contributed by atoms with Gasteiger partial charge in [0.25, 0.3) is 0 Å². The third-order valence-corrected chi connectivity index (χ3v) is 2.51. The number of hydrogen-bond donors (Lipinski definition) is 1. The molecule has 0 aliphatic heterocycles. The van der Waals surface area contributed by atoms with Crippen LogP contribution in [0, 0.1) is 5.21 Å². The summed E-state index contributed by atoms with van der Waals surface area (Å²) >= 11 is 0. The highest BCUT2D eigenvalue weighted by atomic mass is 16.4. The Balaban J connectivity index is 2.45. The van der Waals surface area contributed by atoms with Crippen molar-refractivity contribution in [2.24, 2.45) is 10.3 Å². The van der Waals surface area contributed by atoms with Gasteiger partial charge in [0.2, 0.25) is 0 Å². The first-order chi connectivity index (χ1) is 8.86. The van der Waals surface area contributed by atoms with Crippen LogP contribution in [-0.2, 0) is 0 Å². The summed E-state index contributed by atoms with van der Waals surface area (Å²) in [4.78, 5) is 0. The molecule has 1 N–H and O–H groups in total. The lowest BCUT2D eigenvalue weighted by Gasteiger charge is -2.10. The van der Waals surface area contributed by atoms with Gasteiger partial charge in [0.05, 0.1) is 5.71 Å². The van der Waals surface area contributed by atoms with E-state index in [1.165, 1.54) is 0 Å². The number of nitrogens with zero attached hydrogens (tertiary/aromatic N) is 2. The van der Waals surface area contributed by atoms with Gasteiger partial charge in [0.15, 0.2) is 0 Å². The average Bonchev–Trinajstić information content (AvgIpc) is 2.46. The maximum absolute atomic E-state index is 11.0. The molecule has 4 nitrogen and oxygen atoms in total. The average molecular weight is 239 g/mol. The first-order valence-corrected chi connectivity index (χ1v) is 5.40. The summed E-state index contributed by atoms with van der Waals surface area (Å²) in [6.07, 6.45) is 0. The fourth-order valence-corrected chi connectivity index (χ4v) is 1.67. The molecule has 0 unspecified atom stereocenters. The van der Waals surface area contributed by atoms with Crippen molar-refractivity contribution in [3.8, 4) is 0 Å². The monoisotopic (exact) mass is 239 g/mol. The first kappa shape index (κ1) is 11.9. The maximum atomic E-state index is 11.0. The second-order valence-electron chi connectivity index (χ2n) is 3.62. The lowest BCUT2D eigenvalue weighted by atomic mass is 10.0. The van der Waals surface area contributed by atoms with E-state index in [0.717, 1.165) is 0 Å². The fraction of sp³-hybridized carbons (Fsp3) is 0. The van der Waals surface area contributed by atoms with Gasteiger partial charge in [-0.3, -0.25) is 0 Å². The zero-order valence-electron chi connectivity index (χ0n) is 9.52. The molecule has 0 amide bonds. The van der Waals surface area contributed by atoms with Crippen molar-refractivity contribution in [2.45, 2.75) is 0 Å². The van der Waals surface area contributed by atoms with E-state index in [1.807, 2.05) is 12.1 Å². The van der Waals surface area contributed by atoms with E-state index in [4.69, 9.17) is 5.21 Å². The number of benzene rings is 2. The zero-order chi connectivity index (χ0) is 12.8. The summed E-state index contributed by atoms with van der Waals surface area (Å²) in [5, 5.41) is 26.3. The Morgan fingerprint density at radius 2 is 1.22 bits per heavy atom. The van der Waals surface area contributed by atoms with Crippen LogP contribution < -0.4 is 0 Å². The third kappa shape index (κ3) is 2.38. The summed E-state index contributed by atoms with van der Waals surface area (Å²) in [6, 6.07) is 17.9. The van der Waals surface area contributed by atoms with Gasteiger partial charge in [-0.15, -0.1) is 0 Å². The Kier molecular flexibility index (Phi) is 3.71. The van der Waals surface area contributed by atoms with E-state index in [1.54, 1.807) is 48.5 Å². The van der Waals surface area contributed by atoms with E-state index in [9.17, 15) is 5.21 Å². The molecule has 0 bridgehead atoms. The van der Waals surface area contributed by atoms with Crippen molar-refractivity contribution in [3.05, 3.63) is 77.0 Å². The van der Waals surface area contributed by atoms with Gasteiger partial charge in [0.1, 0.15) is 5.71 Å². The number of rotatable bonds is 3. The number of oxime groups is 1. The van der Waals surface area contributed by atoms with E-state index in [2.05, 4.69) is 10.3 Å². The van der Waals surface area contributed by atoms with E-state index in [-0.39, 0.29) is 11.4 Å². The van der Waals surface area contributed by atoms with E-state index >= 15 is 0 Å². The van der Waals surface area contributed by atoms with Crippen molar-refractivity contribution < 1.29 is 5.21 Å². The predicted molar refractivity (Wildman–Crippen MR) is 71.1 cm³/mol. The second kappa shape index (κ2) is 5.63. The Bertz CT molecular complexity index is 509. The van der Waals surface area contributed by atoms with Crippen molar-refractivity contribution in [1.29, 1.82) is 0 Å². The molecule has 0 spiro atoms. The van der Waals surface area contributed by atoms with Crippen molar-refractivity contribution in [1.82, 2.24) is 0 Å². The molecule has 2 aromatic rings. The standard InChI is InChI=1S/C14H12N2O2/c17-15-13(11-7-3-1-4-8-11)14(16-18)12-9-5-2-6-10-12/h1-10,17-18H/p-1/b15-13+,16-14+. The highest BCUT2D eigenvalue weighted by molar-refractivity contribution is 6.53. The van der Waals surface area contributed by atoms with Gasteiger partial charge >= 0.3 is 0 Å². The first-order valence-electron chi connectivity index (χ1n) is 5.40. The van der Waals surface area contributed by atoms with Crippen LogP contribution in [0.15, 0.2) is 71.0 Å². The Morgan fingerprint density at radius 1 is 0.778 bits per heavy atom. The lowest BCUT2D eigenvalue weighted by molar-refractivity contribution is 0.320. The molecule has 0 saturated heterocycles. The molecular weight excluding hydrogens is 228 g/mol. The molecule has 0 aliphatic rings. The van der Waals surface area contributed by atoms with Crippen LogP contribution in [0.4, 0.5) is 0 Å². The highest BCUT2D eigenvalue weighted by Crippen LogP contribution is 2.09. The van der Waals surface area contributed by atoms with Crippen molar-refractivity contribution >= 4 is 11.4 Å². The Labute approximate surface area is 105 Å². The van der Waals surface area contributed by atoms with Gasteiger partial charge in [-0.1, -0.05) is 65.8 Å². The molecule has 0 atom stereocenters. The Morgan fingerprint density at radius 3 is 1.61 bits per heavy atom. The van der Waals surface area contributed by atoms with Crippen LogP contribution in [0.5, 0.6) is 0 Å². The van der Waals surface area contributed by atoms with Crippen LogP contribution >= 0.6 is 0 Å². The normalized spacial score (nSPS) is 12.4. The fourth-order valence-electron chi connectivity index (χ4n) is 1.67. The molecule has 0 aliphatic carbocycles. The van der Waals surface area contributed by atoms with Gasteiger partial charge in [-0.25, -0.2) is 0 Å². The van der Waals surface area contributed by atoms with Crippen molar-refractivity contribution in [3.63, 3.8) is 0 Å². The van der Waals surface area contributed by atoms with Crippen LogP contribution in [-0.4, -0.2) is 16.6 Å². The second-order valence-corrected chi connectivity index (χ2v) is 3.62. The maximum Gasteiger partial charge on any atom is 0.135 e. The van der Waals surface area contributed by atoms with E-state index in [0.29, 0.717) is 11.1 Å². The largest absolute Gasteiger partial charge is 0.791 e. The molecule has 2 aromatic carbocycles. The molecule has 0 aromatic heterocycles.